The molecular weight excluding hydrogens is 196 g/mol. The Bertz CT molecular complexity index is 231. The largest absolute Gasteiger partial charge is 0.314 e. The van der Waals surface area contributed by atoms with E-state index in [0.29, 0.717) is 0 Å². The van der Waals surface area contributed by atoms with Gasteiger partial charge in [-0.05, 0) is 51.0 Å². The van der Waals surface area contributed by atoms with Gasteiger partial charge in [0.2, 0.25) is 0 Å². The third-order valence-corrected chi connectivity index (χ3v) is 5.59. The Balaban J connectivity index is 1.53. The van der Waals surface area contributed by atoms with E-state index in [1.165, 1.54) is 64.5 Å². The molecule has 0 unspecified atom stereocenters. The molecule has 0 atom stereocenters. The van der Waals surface area contributed by atoms with Crippen LogP contribution >= 0.6 is 0 Å². The lowest BCUT2D eigenvalue weighted by molar-refractivity contribution is 0.0622. The third-order valence-electron chi connectivity index (χ3n) is 5.59. The Kier molecular flexibility index (Phi) is 2.97. The van der Waals surface area contributed by atoms with Crippen molar-refractivity contribution in [2.75, 3.05) is 20.1 Å². The molecule has 3 rings (SSSR count). The van der Waals surface area contributed by atoms with Crippen LogP contribution in [0.15, 0.2) is 0 Å². The van der Waals surface area contributed by atoms with Crippen molar-refractivity contribution < 1.29 is 0 Å². The SMILES string of the molecule is CN(C1CCC2(CCCC2)CC1)C1CNC1. The fraction of sp³-hybridized carbons (Fsp3) is 1.00. The highest BCUT2D eigenvalue weighted by molar-refractivity contribution is 4.94. The number of hydrogen-bond donors (Lipinski definition) is 1. The minimum Gasteiger partial charge on any atom is -0.314 e. The van der Waals surface area contributed by atoms with Gasteiger partial charge in [-0.3, -0.25) is 4.90 Å². The molecule has 2 nitrogen and oxygen atoms in total. The van der Waals surface area contributed by atoms with Crippen molar-refractivity contribution in [3.8, 4) is 0 Å². The smallest absolute Gasteiger partial charge is 0.0345 e. The second-order valence-electron chi connectivity index (χ2n) is 6.42. The van der Waals surface area contributed by atoms with Gasteiger partial charge < -0.3 is 5.32 Å². The molecule has 92 valence electrons. The summed E-state index contributed by atoms with van der Waals surface area (Å²) >= 11 is 0. The maximum atomic E-state index is 3.39. The summed E-state index contributed by atoms with van der Waals surface area (Å²) in [5.41, 5.74) is 0.801. The van der Waals surface area contributed by atoms with Crippen LogP contribution in [-0.4, -0.2) is 37.1 Å². The predicted octanol–water partition coefficient (Wildman–Crippen LogP) is 2.39. The second kappa shape index (κ2) is 4.30. The summed E-state index contributed by atoms with van der Waals surface area (Å²) in [6, 6.07) is 1.72. The van der Waals surface area contributed by atoms with E-state index in [2.05, 4.69) is 17.3 Å². The van der Waals surface area contributed by atoms with E-state index in [9.17, 15) is 0 Å². The van der Waals surface area contributed by atoms with Crippen LogP contribution in [0.4, 0.5) is 0 Å². The zero-order valence-electron chi connectivity index (χ0n) is 10.7. The van der Waals surface area contributed by atoms with Gasteiger partial charge in [0.15, 0.2) is 0 Å². The van der Waals surface area contributed by atoms with Crippen LogP contribution in [0.25, 0.3) is 0 Å². The Labute approximate surface area is 99.8 Å². The number of likely N-dealkylation sites (N-methyl/N-ethyl adjacent to an activating group) is 1. The van der Waals surface area contributed by atoms with Crippen LogP contribution in [-0.2, 0) is 0 Å². The van der Waals surface area contributed by atoms with Crippen LogP contribution in [0.5, 0.6) is 0 Å². The van der Waals surface area contributed by atoms with Crippen molar-refractivity contribution in [3.63, 3.8) is 0 Å². The van der Waals surface area contributed by atoms with Gasteiger partial charge in [-0.1, -0.05) is 12.8 Å². The maximum absolute atomic E-state index is 3.39. The number of nitrogens with one attached hydrogen (secondary N) is 1. The van der Waals surface area contributed by atoms with Crippen LogP contribution in [0.2, 0.25) is 0 Å². The molecule has 1 saturated heterocycles. The number of rotatable bonds is 2. The van der Waals surface area contributed by atoms with Crippen molar-refractivity contribution in [2.24, 2.45) is 5.41 Å². The molecule has 0 aromatic carbocycles. The fourth-order valence-corrected chi connectivity index (χ4v) is 4.11. The van der Waals surface area contributed by atoms with Gasteiger partial charge >= 0.3 is 0 Å². The zero-order chi connectivity index (χ0) is 11.0. The van der Waals surface area contributed by atoms with Crippen molar-refractivity contribution in [3.05, 3.63) is 0 Å². The van der Waals surface area contributed by atoms with Gasteiger partial charge in [0.25, 0.3) is 0 Å². The van der Waals surface area contributed by atoms with Crippen LogP contribution in [0.3, 0.4) is 0 Å². The lowest BCUT2D eigenvalue weighted by atomic mass is 9.71. The molecule has 1 heterocycles. The predicted molar refractivity (Wildman–Crippen MR) is 67.6 cm³/mol. The molecule has 1 aliphatic heterocycles. The molecule has 0 aromatic rings. The first kappa shape index (κ1) is 11.0. The first-order valence-corrected chi connectivity index (χ1v) is 7.22. The monoisotopic (exact) mass is 222 g/mol. The molecule has 3 fully saturated rings. The Morgan fingerprint density at radius 3 is 2.06 bits per heavy atom. The van der Waals surface area contributed by atoms with Crippen molar-refractivity contribution >= 4 is 0 Å². The molecule has 0 aromatic heterocycles. The van der Waals surface area contributed by atoms with E-state index < -0.39 is 0 Å². The van der Waals surface area contributed by atoms with E-state index in [1.54, 1.807) is 0 Å². The number of nitrogens with zero attached hydrogens (tertiary/aromatic N) is 1. The Morgan fingerprint density at radius 2 is 1.56 bits per heavy atom. The normalized spacial score (nSPS) is 31.1. The Hall–Kier alpha value is -0.0800. The van der Waals surface area contributed by atoms with Crippen LogP contribution < -0.4 is 5.32 Å². The number of hydrogen-bond acceptors (Lipinski definition) is 2. The van der Waals surface area contributed by atoms with Crippen LogP contribution in [0.1, 0.15) is 51.4 Å². The fourth-order valence-electron chi connectivity index (χ4n) is 4.11. The molecule has 16 heavy (non-hydrogen) atoms. The van der Waals surface area contributed by atoms with E-state index in [4.69, 9.17) is 0 Å². The molecular formula is C14H26N2. The van der Waals surface area contributed by atoms with Gasteiger partial charge in [-0.25, -0.2) is 0 Å². The molecule has 2 saturated carbocycles. The average molecular weight is 222 g/mol. The molecule has 2 heteroatoms. The minimum absolute atomic E-state index is 0.801. The second-order valence-corrected chi connectivity index (χ2v) is 6.42. The molecule has 0 bridgehead atoms. The van der Waals surface area contributed by atoms with Crippen molar-refractivity contribution in [2.45, 2.75) is 63.5 Å². The van der Waals surface area contributed by atoms with Crippen molar-refractivity contribution in [1.29, 1.82) is 0 Å². The molecule has 3 aliphatic rings. The van der Waals surface area contributed by atoms with Gasteiger partial charge in [-0.2, -0.15) is 0 Å². The summed E-state index contributed by atoms with van der Waals surface area (Å²) in [6.45, 7) is 2.44. The average Bonchev–Trinajstić information content (AvgIpc) is 2.65. The lowest BCUT2D eigenvalue weighted by Crippen LogP contribution is -2.59. The molecule has 1 N–H and O–H groups in total. The molecule has 0 radical (unpaired) electrons. The van der Waals surface area contributed by atoms with Crippen LogP contribution in [0, 0.1) is 5.41 Å². The van der Waals surface area contributed by atoms with E-state index in [-0.39, 0.29) is 0 Å². The molecule has 1 spiro atoms. The highest BCUT2D eigenvalue weighted by atomic mass is 15.2. The van der Waals surface area contributed by atoms with Gasteiger partial charge in [0, 0.05) is 25.2 Å². The standard InChI is InChI=1S/C14H26N2/c1-16(13-10-15-11-13)12-4-8-14(9-5-12)6-2-3-7-14/h12-13,15H,2-11H2,1H3. The van der Waals surface area contributed by atoms with E-state index in [1.807, 2.05) is 0 Å². The first-order chi connectivity index (χ1) is 7.79. The quantitative estimate of drug-likeness (QED) is 0.772. The van der Waals surface area contributed by atoms with Gasteiger partial charge in [0.1, 0.15) is 0 Å². The van der Waals surface area contributed by atoms with Gasteiger partial charge in [-0.15, -0.1) is 0 Å². The summed E-state index contributed by atoms with van der Waals surface area (Å²) < 4.78 is 0. The van der Waals surface area contributed by atoms with E-state index in [0.717, 1.165) is 17.5 Å². The van der Waals surface area contributed by atoms with E-state index >= 15 is 0 Å². The minimum atomic E-state index is 0.801. The maximum Gasteiger partial charge on any atom is 0.0345 e. The first-order valence-electron chi connectivity index (χ1n) is 7.22. The summed E-state index contributed by atoms with van der Waals surface area (Å²) in [7, 11) is 2.35. The summed E-state index contributed by atoms with van der Waals surface area (Å²) in [6.07, 6.45) is 12.0. The molecule has 2 aliphatic carbocycles. The van der Waals surface area contributed by atoms with Crippen molar-refractivity contribution in [1.82, 2.24) is 10.2 Å². The van der Waals surface area contributed by atoms with Gasteiger partial charge in [0.05, 0.1) is 0 Å². The molecule has 0 amide bonds. The summed E-state index contributed by atoms with van der Waals surface area (Å²) in [5, 5.41) is 3.39. The summed E-state index contributed by atoms with van der Waals surface area (Å²) in [5.74, 6) is 0. The Morgan fingerprint density at radius 1 is 0.938 bits per heavy atom. The highest BCUT2D eigenvalue weighted by Crippen LogP contribution is 2.49. The third kappa shape index (κ3) is 1.91. The lowest BCUT2D eigenvalue weighted by Gasteiger charge is -2.45. The summed E-state index contributed by atoms with van der Waals surface area (Å²) in [4.78, 5) is 2.66. The highest BCUT2D eigenvalue weighted by Gasteiger charge is 2.39. The topological polar surface area (TPSA) is 15.3 Å². The zero-order valence-corrected chi connectivity index (χ0v) is 10.7.